The van der Waals surface area contributed by atoms with E-state index < -0.39 is 5.97 Å². The van der Waals surface area contributed by atoms with Crippen LogP contribution < -0.4 is 0 Å². The highest BCUT2D eigenvalue weighted by Crippen LogP contribution is 2.25. The van der Waals surface area contributed by atoms with Crippen LogP contribution in [-0.2, 0) is 10.2 Å². The SMILES string of the molecule is CCOC(=O)c1coc(-c2ccc(C(C)(C)C)cc2)n1. The van der Waals surface area contributed by atoms with Crippen molar-refractivity contribution in [2.45, 2.75) is 33.1 Å². The van der Waals surface area contributed by atoms with Gasteiger partial charge in [-0.2, -0.15) is 0 Å². The zero-order valence-corrected chi connectivity index (χ0v) is 12.3. The zero-order chi connectivity index (χ0) is 14.8. The van der Waals surface area contributed by atoms with Gasteiger partial charge in [0.25, 0.3) is 0 Å². The summed E-state index contributed by atoms with van der Waals surface area (Å²) < 4.78 is 10.2. The minimum atomic E-state index is -0.464. The van der Waals surface area contributed by atoms with E-state index in [1.165, 1.54) is 11.8 Å². The molecule has 0 spiro atoms. The number of ether oxygens (including phenoxy) is 1. The van der Waals surface area contributed by atoms with E-state index in [9.17, 15) is 4.79 Å². The molecule has 0 atom stereocenters. The normalized spacial score (nSPS) is 11.4. The van der Waals surface area contributed by atoms with Crippen LogP contribution >= 0.6 is 0 Å². The predicted molar refractivity (Wildman–Crippen MR) is 76.6 cm³/mol. The number of oxazole rings is 1. The minimum absolute atomic E-state index is 0.102. The number of hydrogen-bond acceptors (Lipinski definition) is 4. The van der Waals surface area contributed by atoms with Gasteiger partial charge in [-0.05, 0) is 30.0 Å². The maximum atomic E-state index is 11.5. The van der Waals surface area contributed by atoms with E-state index in [4.69, 9.17) is 9.15 Å². The summed E-state index contributed by atoms with van der Waals surface area (Å²) in [6.45, 7) is 8.55. The van der Waals surface area contributed by atoms with Gasteiger partial charge in [0.05, 0.1) is 6.61 Å². The number of rotatable bonds is 3. The number of nitrogens with zero attached hydrogens (tertiary/aromatic N) is 1. The number of carbonyl (C=O) groups is 1. The highest BCUT2D eigenvalue weighted by Gasteiger charge is 2.16. The molecule has 0 bridgehead atoms. The molecule has 106 valence electrons. The summed E-state index contributed by atoms with van der Waals surface area (Å²) in [5, 5.41) is 0. The lowest BCUT2D eigenvalue weighted by Crippen LogP contribution is -2.10. The van der Waals surface area contributed by atoms with Gasteiger partial charge in [-0.15, -0.1) is 0 Å². The molecule has 1 aromatic heterocycles. The topological polar surface area (TPSA) is 52.3 Å². The molecule has 0 fully saturated rings. The Morgan fingerprint density at radius 2 is 1.90 bits per heavy atom. The third kappa shape index (κ3) is 3.07. The standard InChI is InChI=1S/C16H19NO3/c1-5-19-15(18)13-10-20-14(17-13)11-6-8-12(9-7-11)16(2,3)4/h6-10H,5H2,1-4H3. The fraction of sp³-hybridized carbons (Fsp3) is 0.375. The van der Waals surface area contributed by atoms with Gasteiger partial charge in [0.1, 0.15) is 6.26 Å². The smallest absolute Gasteiger partial charge is 0.360 e. The molecule has 0 aliphatic heterocycles. The highest BCUT2D eigenvalue weighted by molar-refractivity contribution is 5.87. The molecule has 2 aromatic rings. The Balaban J connectivity index is 2.22. The van der Waals surface area contributed by atoms with E-state index in [0.29, 0.717) is 12.5 Å². The van der Waals surface area contributed by atoms with Crippen molar-refractivity contribution in [1.29, 1.82) is 0 Å². The van der Waals surface area contributed by atoms with Crippen molar-refractivity contribution >= 4 is 5.97 Å². The van der Waals surface area contributed by atoms with Gasteiger partial charge in [-0.25, -0.2) is 9.78 Å². The van der Waals surface area contributed by atoms with Gasteiger partial charge < -0.3 is 9.15 Å². The molecule has 0 amide bonds. The van der Waals surface area contributed by atoms with Crippen molar-refractivity contribution in [2.75, 3.05) is 6.61 Å². The van der Waals surface area contributed by atoms with E-state index >= 15 is 0 Å². The first kappa shape index (κ1) is 14.3. The van der Waals surface area contributed by atoms with Crippen LogP contribution in [0.2, 0.25) is 0 Å². The quantitative estimate of drug-likeness (QED) is 0.798. The molecule has 2 rings (SSSR count). The predicted octanol–water partition coefficient (Wildman–Crippen LogP) is 3.82. The van der Waals surface area contributed by atoms with Crippen LogP contribution in [0.1, 0.15) is 43.7 Å². The highest BCUT2D eigenvalue weighted by atomic mass is 16.5. The van der Waals surface area contributed by atoms with Gasteiger partial charge in [-0.1, -0.05) is 32.9 Å². The Morgan fingerprint density at radius 1 is 1.25 bits per heavy atom. The molecular formula is C16H19NO3. The molecule has 0 unspecified atom stereocenters. The summed E-state index contributed by atoms with van der Waals surface area (Å²) in [4.78, 5) is 15.7. The van der Waals surface area contributed by atoms with Crippen LogP contribution in [0.5, 0.6) is 0 Å². The second-order valence-corrected chi connectivity index (χ2v) is 5.59. The number of esters is 1. The Hall–Kier alpha value is -2.10. The molecule has 0 radical (unpaired) electrons. The van der Waals surface area contributed by atoms with Gasteiger partial charge in [0, 0.05) is 5.56 Å². The average Bonchev–Trinajstić information content (AvgIpc) is 2.88. The Labute approximate surface area is 118 Å². The number of hydrogen-bond donors (Lipinski definition) is 0. The summed E-state index contributed by atoms with van der Waals surface area (Å²) in [7, 11) is 0. The Bertz CT molecular complexity index is 591. The molecule has 1 heterocycles. The number of aromatic nitrogens is 1. The van der Waals surface area contributed by atoms with Crippen molar-refractivity contribution < 1.29 is 13.9 Å². The first-order valence-electron chi connectivity index (χ1n) is 6.65. The number of carbonyl (C=O) groups excluding carboxylic acids is 1. The van der Waals surface area contributed by atoms with Crippen molar-refractivity contribution in [3.8, 4) is 11.5 Å². The van der Waals surface area contributed by atoms with Crippen molar-refractivity contribution in [3.05, 3.63) is 41.8 Å². The molecule has 0 saturated heterocycles. The third-order valence-corrected chi connectivity index (χ3v) is 2.99. The summed E-state index contributed by atoms with van der Waals surface area (Å²) in [5.41, 5.74) is 2.37. The van der Waals surface area contributed by atoms with E-state index in [1.54, 1.807) is 6.92 Å². The van der Waals surface area contributed by atoms with Crippen molar-refractivity contribution in [3.63, 3.8) is 0 Å². The van der Waals surface area contributed by atoms with Crippen LogP contribution in [0.4, 0.5) is 0 Å². The largest absolute Gasteiger partial charge is 0.461 e. The van der Waals surface area contributed by atoms with Crippen molar-refractivity contribution in [1.82, 2.24) is 4.98 Å². The first-order valence-corrected chi connectivity index (χ1v) is 6.65. The maximum Gasteiger partial charge on any atom is 0.360 e. The monoisotopic (exact) mass is 273 g/mol. The van der Waals surface area contributed by atoms with Crippen LogP contribution in [0.25, 0.3) is 11.5 Å². The van der Waals surface area contributed by atoms with E-state index in [2.05, 4.69) is 25.8 Å². The zero-order valence-electron chi connectivity index (χ0n) is 12.3. The van der Waals surface area contributed by atoms with Crippen LogP contribution in [-0.4, -0.2) is 17.6 Å². The lowest BCUT2D eigenvalue weighted by molar-refractivity contribution is 0.0519. The van der Waals surface area contributed by atoms with Gasteiger partial charge in [0.2, 0.25) is 5.89 Å². The van der Waals surface area contributed by atoms with E-state index in [0.717, 1.165) is 5.56 Å². The first-order chi connectivity index (χ1) is 9.41. The summed E-state index contributed by atoms with van der Waals surface area (Å²) in [6, 6.07) is 7.98. The minimum Gasteiger partial charge on any atom is -0.461 e. The molecule has 20 heavy (non-hydrogen) atoms. The number of benzene rings is 1. The third-order valence-electron chi connectivity index (χ3n) is 2.99. The second-order valence-electron chi connectivity index (χ2n) is 5.59. The molecule has 4 nitrogen and oxygen atoms in total. The van der Waals surface area contributed by atoms with Crippen LogP contribution in [0.3, 0.4) is 0 Å². The average molecular weight is 273 g/mol. The summed E-state index contributed by atoms with van der Waals surface area (Å²) >= 11 is 0. The molecule has 4 heteroatoms. The summed E-state index contributed by atoms with van der Waals surface area (Å²) in [5.74, 6) is -0.0395. The molecule has 0 aliphatic rings. The van der Waals surface area contributed by atoms with E-state index in [-0.39, 0.29) is 11.1 Å². The van der Waals surface area contributed by atoms with Crippen molar-refractivity contribution in [2.24, 2.45) is 0 Å². The fourth-order valence-corrected chi connectivity index (χ4v) is 1.82. The summed E-state index contributed by atoms with van der Waals surface area (Å²) in [6.07, 6.45) is 1.32. The van der Waals surface area contributed by atoms with E-state index in [1.807, 2.05) is 24.3 Å². The van der Waals surface area contributed by atoms with Gasteiger partial charge in [0.15, 0.2) is 5.69 Å². The van der Waals surface area contributed by atoms with Crippen LogP contribution in [0, 0.1) is 0 Å². The Kier molecular flexibility index (Phi) is 3.93. The van der Waals surface area contributed by atoms with Crippen LogP contribution in [0.15, 0.2) is 34.9 Å². The molecule has 0 N–H and O–H groups in total. The maximum absolute atomic E-state index is 11.5. The van der Waals surface area contributed by atoms with Gasteiger partial charge >= 0.3 is 5.97 Å². The second kappa shape index (κ2) is 5.49. The lowest BCUT2D eigenvalue weighted by atomic mass is 9.87. The Morgan fingerprint density at radius 3 is 2.45 bits per heavy atom. The molecule has 1 aromatic carbocycles. The lowest BCUT2D eigenvalue weighted by Gasteiger charge is -2.18. The van der Waals surface area contributed by atoms with Gasteiger partial charge in [-0.3, -0.25) is 0 Å². The fourth-order valence-electron chi connectivity index (χ4n) is 1.82. The molecular weight excluding hydrogens is 254 g/mol. The molecule has 0 aliphatic carbocycles. The molecule has 0 saturated carbocycles.